The lowest BCUT2D eigenvalue weighted by Crippen LogP contribution is -2.24. The predicted octanol–water partition coefficient (Wildman–Crippen LogP) is 4.10. The molecule has 0 saturated carbocycles. The Hall–Kier alpha value is -3.84. The van der Waals surface area contributed by atoms with E-state index in [0.29, 0.717) is 33.4 Å². The summed E-state index contributed by atoms with van der Waals surface area (Å²) >= 11 is 5.84. The van der Waals surface area contributed by atoms with Crippen LogP contribution >= 0.6 is 11.6 Å². The van der Waals surface area contributed by atoms with Gasteiger partial charge in [0, 0.05) is 10.6 Å². The van der Waals surface area contributed by atoms with E-state index in [1.807, 2.05) is 0 Å². The summed E-state index contributed by atoms with van der Waals surface area (Å²) in [6, 6.07) is 20.0. The molecule has 0 aliphatic carbocycles. The van der Waals surface area contributed by atoms with Crippen molar-refractivity contribution in [2.75, 3.05) is 13.7 Å². The number of hydrogen-bond acceptors (Lipinski definition) is 6. The Morgan fingerprint density at radius 2 is 1.65 bits per heavy atom. The smallest absolute Gasteiger partial charge is 0.343 e. The first-order valence-corrected chi connectivity index (χ1v) is 9.58. The van der Waals surface area contributed by atoms with Crippen molar-refractivity contribution >= 4 is 29.7 Å². The highest BCUT2D eigenvalue weighted by Gasteiger charge is 2.11. The first-order chi connectivity index (χ1) is 15.0. The van der Waals surface area contributed by atoms with Crippen molar-refractivity contribution in [3.63, 3.8) is 0 Å². The molecule has 3 aromatic rings. The third-order valence-corrected chi connectivity index (χ3v) is 4.28. The van der Waals surface area contributed by atoms with Crippen LogP contribution in [-0.2, 0) is 4.79 Å². The molecule has 0 spiro atoms. The molecule has 0 bridgehead atoms. The molecule has 0 heterocycles. The first-order valence-electron chi connectivity index (χ1n) is 9.20. The molecule has 0 unspecified atom stereocenters. The SMILES string of the molecule is COc1ccc(OCC(=O)N/N=C/c2ccccc2OC(=O)c2ccc(Cl)cc2)cc1. The minimum absolute atomic E-state index is 0.211. The topological polar surface area (TPSA) is 86.2 Å². The van der Waals surface area contributed by atoms with Gasteiger partial charge >= 0.3 is 5.97 Å². The number of amides is 1. The lowest BCUT2D eigenvalue weighted by atomic mass is 10.2. The zero-order valence-electron chi connectivity index (χ0n) is 16.6. The normalized spacial score (nSPS) is 10.5. The second-order valence-electron chi connectivity index (χ2n) is 6.19. The van der Waals surface area contributed by atoms with E-state index in [4.69, 9.17) is 25.8 Å². The van der Waals surface area contributed by atoms with Crippen LogP contribution in [0.2, 0.25) is 5.02 Å². The van der Waals surface area contributed by atoms with Crippen molar-refractivity contribution in [2.45, 2.75) is 0 Å². The lowest BCUT2D eigenvalue weighted by Gasteiger charge is -2.08. The maximum atomic E-state index is 12.3. The monoisotopic (exact) mass is 438 g/mol. The quantitative estimate of drug-likeness (QED) is 0.248. The molecule has 158 valence electrons. The summed E-state index contributed by atoms with van der Waals surface area (Å²) in [5.41, 5.74) is 3.24. The number of rotatable bonds is 8. The number of ether oxygens (including phenoxy) is 3. The number of benzene rings is 3. The van der Waals surface area contributed by atoms with Crippen LogP contribution in [0.5, 0.6) is 17.2 Å². The minimum Gasteiger partial charge on any atom is -0.497 e. The van der Waals surface area contributed by atoms with Crippen LogP contribution in [0.4, 0.5) is 0 Å². The van der Waals surface area contributed by atoms with E-state index >= 15 is 0 Å². The van der Waals surface area contributed by atoms with Crippen molar-refractivity contribution < 1.29 is 23.8 Å². The van der Waals surface area contributed by atoms with Crippen LogP contribution < -0.4 is 19.6 Å². The third-order valence-electron chi connectivity index (χ3n) is 4.02. The van der Waals surface area contributed by atoms with Gasteiger partial charge in [-0.25, -0.2) is 10.2 Å². The largest absolute Gasteiger partial charge is 0.497 e. The van der Waals surface area contributed by atoms with E-state index in [1.54, 1.807) is 79.9 Å². The molecule has 0 aliphatic rings. The number of hydrogen-bond donors (Lipinski definition) is 1. The van der Waals surface area contributed by atoms with Gasteiger partial charge in [0.05, 0.1) is 18.9 Å². The molecule has 3 aromatic carbocycles. The fourth-order valence-corrected chi connectivity index (χ4v) is 2.58. The van der Waals surface area contributed by atoms with E-state index in [1.165, 1.54) is 6.21 Å². The Morgan fingerprint density at radius 3 is 2.35 bits per heavy atom. The molecule has 0 radical (unpaired) electrons. The van der Waals surface area contributed by atoms with E-state index in [9.17, 15) is 9.59 Å². The van der Waals surface area contributed by atoms with E-state index in [2.05, 4.69) is 10.5 Å². The van der Waals surface area contributed by atoms with Crippen molar-refractivity contribution in [3.8, 4) is 17.2 Å². The van der Waals surface area contributed by atoms with Crippen LogP contribution in [0.1, 0.15) is 15.9 Å². The molecular formula is C23H19ClN2O5. The molecule has 1 amide bonds. The van der Waals surface area contributed by atoms with Crippen LogP contribution in [0, 0.1) is 0 Å². The Kier molecular flexibility index (Phi) is 7.61. The van der Waals surface area contributed by atoms with E-state index in [0.717, 1.165) is 0 Å². The Labute approximate surface area is 184 Å². The second kappa shape index (κ2) is 10.8. The molecule has 0 aliphatic heterocycles. The average molecular weight is 439 g/mol. The summed E-state index contributed by atoms with van der Waals surface area (Å²) in [4.78, 5) is 24.3. The van der Waals surface area contributed by atoms with Gasteiger partial charge < -0.3 is 14.2 Å². The van der Waals surface area contributed by atoms with E-state index in [-0.39, 0.29) is 6.61 Å². The molecule has 31 heavy (non-hydrogen) atoms. The number of hydrazone groups is 1. The minimum atomic E-state index is -0.533. The van der Waals surface area contributed by atoms with Gasteiger partial charge in [-0.3, -0.25) is 4.79 Å². The number of nitrogens with zero attached hydrogens (tertiary/aromatic N) is 1. The molecule has 1 N–H and O–H groups in total. The third kappa shape index (κ3) is 6.58. The molecule has 0 saturated heterocycles. The van der Waals surface area contributed by atoms with Crippen molar-refractivity contribution in [1.82, 2.24) is 5.43 Å². The fourth-order valence-electron chi connectivity index (χ4n) is 2.45. The summed E-state index contributed by atoms with van der Waals surface area (Å²) in [6.07, 6.45) is 1.38. The van der Waals surface area contributed by atoms with Gasteiger partial charge in [-0.05, 0) is 60.7 Å². The van der Waals surface area contributed by atoms with Crippen LogP contribution in [0.3, 0.4) is 0 Å². The van der Waals surface area contributed by atoms with Gasteiger partial charge in [-0.1, -0.05) is 23.7 Å². The van der Waals surface area contributed by atoms with Gasteiger partial charge in [0.2, 0.25) is 0 Å². The molecule has 8 heteroatoms. The zero-order chi connectivity index (χ0) is 22.1. The fraction of sp³-hybridized carbons (Fsp3) is 0.0870. The Morgan fingerprint density at radius 1 is 0.968 bits per heavy atom. The highest BCUT2D eigenvalue weighted by atomic mass is 35.5. The van der Waals surface area contributed by atoms with Crippen molar-refractivity contribution in [1.29, 1.82) is 0 Å². The summed E-state index contributed by atoms with van der Waals surface area (Å²) in [5, 5.41) is 4.42. The number of esters is 1. The van der Waals surface area contributed by atoms with Crippen molar-refractivity contribution in [2.24, 2.45) is 5.10 Å². The molecule has 0 aromatic heterocycles. The Balaban J connectivity index is 1.55. The number of carbonyl (C=O) groups is 2. The average Bonchev–Trinajstić information content (AvgIpc) is 2.79. The molecule has 0 atom stereocenters. The van der Waals surface area contributed by atoms with Gasteiger partial charge in [0.25, 0.3) is 5.91 Å². The maximum absolute atomic E-state index is 12.3. The number of para-hydroxylation sites is 1. The number of nitrogens with one attached hydrogen (secondary N) is 1. The molecular weight excluding hydrogens is 420 g/mol. The highest BCUT2D eigenvalue weighted by Crippen LogP contribution is 2.19. The lowest BCUT2D eigenvalue weighted by molar-refractivity contribution is -0.123. The van der Waals surface area contributed by atoms with Crippen molar-refractivity contribution in [3.05, 3.63) is 88.9 Å². The Bertz CT molecular complexity index is 1070. The van der Waals surface area contributed by atoms with Gasteiger partial charge in [-0.15, -0.1) is 0 Å². The highest BCUT2D eigenvalue weighted by molar-refractivity contribution is 6.30. The molecule has 3 rings (SSSR count). The molecule has 0 fully saturated rings. The predicted molar refractivity (Wildman–Crippen MR) is 117 cm³/mol. The summed E-state index contributed by atoms with van der Waals surface area (Å²) in [6.45, 7) is -0.211. The van der Waals surface area contributed by atoms with Crippen LogP contribution in [0.15, 0.2) is 77.9 Å². The molecule has 7 nitrogen and oxygen atoms in total. The maximum Gasteiger partial charge on any atom is 0.343 e. The van der Waals surface area contributed by atoms with Gasteiger partial charge in [-0.2, -0.15) is 5.10 Å². The standard InChI is InChI=1S/C23H19ClN2O5/c1-29-19-10-12-20(13-11-19)30-15-22(27)26-25-14-17-4-2-3-5-21(17)31-23(28)16-6-8-18(24)9-7-16/h2-14H,15H2,1H3,(H,26,27)/b25-14+. The first kappa shape index (κ1) is 21.9. The van der Waals surface area contributed by atoms with Crippen LogP contribution in [-0.4, -0.2) is 31.8 Å². The summed E-state index contributed by atoms with van der Waals surface area (Å²) < 4.78 is 15.9. The van der Waals surface area contributed by atoms with Crippen LogP contribution in [0.25, 0.3) is 0 Å². The summed E-state index contributed by atoms with van der Waals surface area (Å²) in [5.74, 6) is 0.545. The van der Waals surface area contributed by atoms with Gasteiger partial charge in [0.1, 0.15) is 17.2 Å². The van der Waals surface area contributed by atoms with E-state index < -0.39 is 11.9 Å². The number of halogens is 1. The second-order valence-corrected chi connectivity index (χ2v) is 6.63. The summed E-state index contributed by atoms with van der Waals surface area (Å²) in [7, 11) is 1.57. The number of carbonyl (C=O) groups excluding carboxylic acids is 2. The zero-order valence-corrected chi connectivity index (χ0v) is 17.3. The van der Waals surface area contributed by atoms with Gasteiger partial charge in [0.15, 0.2) is 6.61 Å². The number of methoxy groups -OCH3 is 1.